The van der Waals surface area contributed by atoms with Crippen LogP contribution in [0.25, 0.3) is 0 Å². The van der Waals surface area contributed by atoms with E-state index in [2.05, 4.69) is 27.1 Å². The number of unbranched alkanes of at least 4 members (excludes halogenated alkanes) is 2. The largest absolute Gasteiger partial charge is 0.357 e. The van der Waals surface area contributed by atoms with Gasteiger partial charge in [-0.15, -0.1) is 0 Å². The van der Waals surface area contributed by atoms with Crippen LogP contribution in [0.1, 0.15) is 29.8 Å². The highest BCUT2D eigenvalue weighted by molar-refractivity contribution is 5.92. The van der Waals surface area contributed by atoms with Gasteiger partial charge in [0.05, 0.1) is 0 Å². The van der Waals surface area contributed by atoms with Crippen molar-refractivity contribution in [2.45, 2.75) is 19.3 Å². The molecule has 1 saturated heterocycles. The Morgan fingerprint density at radius 1 is 1.25 bits per heavy atom. The average molecular weight is 278 g/mol. The molecule has 112 valence electrons. The van der Waals surface area contributed by atoms with Crippen molar-refractivity contribution < 1.29 is 4.79 Å². The predicted octanol–water partition coefficient (Wildman–Crippen LogP) is 1.16. The van der Waals surface area contributed by atoms with Crippen molar-refractivity contribution in [1.82, 2.24) is 20.1 Å². The number of H-pyrrole nitrogens is 1. The van der Waals surface area contributed by atoms with Gasteiger partial charge in [0.25, 0.3) is 5.91 Å². The summed E-state index contributed by atoms with van der Waals surface area (Å²) in [7, 11) is 2.18. The molecule has 2 heterocycles. The van der Waals surface area contributed by atoms with Crippen LogP contribution in [0.5, 0.6) is 0 Å². The monoisotopic (exact) mass is 278 g/mol. The Morgan fingerprint density at radius 3 is 2.75 bits per heavy atom. The molecule has 2 rings (SSSR count). The number of aromatic amines is 1. The molecule has 0 unspecified atom stereocenters. The number of likely N-dealkylation sites (N-methyl/N-ethyl adjacent to an activating group) is 1. The van der Waals surface area contributed by atoms with E-state index in [0.29, 0.717) is 5.69 Å². The van der Waals surface area contributed by atoms with Crippen LogP contribution in [0, 0.1) is 0 Å². The van der Waals surface area contributed by atoms with Gasteiger partial charge in [-0.1, -0.05) is 6.42 Å². The van der Waals surface area contributed by atoms with Crippen molar-refractivity contribution in [2.24, 2.45) is 0 Å². The van der Waals surface area contributed by atoms with Gasteiger partial charge in [0.15, 0.2) is 0 Å². The minimum Gasteiger partial charge on any atom is -0.357 e. The molecular formula is C15H26N4O. The molecule has 1 amide bonds. The Bertz CT molecular complexity index is 383. The Morgan fingerprint density at radius 2 is 2.05 bits per heavy atom. The van der Waals surface area contributed by atoms with Gasteiger partial charge in [-0.3, -0.25) is 4.79 Å². The highest BCUT2D eigenvalue weighted by Gasteiger charge is 2.12. The minimum atomic E-state index is -0.00549. The van der Waals surface area contributed by atoms with Crippen LogP contribution in [0.3, 0.4) is 0 Å². The van der Waals surface area contributed by atoms with Crippen molar-refractivity contribution in [2.75, 3.05) is 46.3 Å². The molecular weight excluding hydrogens is 252 g/mol. The lowest BCUT2D eigenvalue weighted by Gasteiger charge is -2.32. The summed E-state index contributed by atoms with van der Waals surface area (Å²) in [5, 5.41) is 2.94. The Hall–Kier alpha value is -1.33. The molecule has 0 bridgehead atoms. The topological polar surface area (TPSA) is 51.4 Å². The van der Waals surface area contributed by atoms with Crippen LogP contribution < -0.4 is 5.32 Å². The fourth-order valence-corrected chi connectivity index (χ4v) is 2.48. The molecule has 0 spiro atoms. The summed E-state index contributed by atoms with van der Waals surface area (Å²) in [6, 6.07) is 3.63. The zero-order valence-corrected chi connectivity index (χ0v) is 12.4. The summed E-state index contributed by atoms with van der Waals surface area (Å²) in [5.74, 6) is -0.00549. The van der Waals surface area contributed by atoms with E-state index in [9.17, 15) is 4.79 Å². The lowest BCUT2D eigenvalue weighted by Crippen LogP contribution is -2.44. The van der Waals surface area contributed by atoms with Crippen molar-refractivity contribution in [3.8, 4) is 0 Å². The zero-order chi connectivity index (χ0) is 14.2. The SMILES string of the molecule is CN1CCN(CCCCCNC(=O)c2ccc[nH]2)CC1. The van der Waals surface area contributed by atoms with E-state index in [-0.39, 0.29) is 5.91 Å². The number of carbonyl (C=O) groups excluding carboxylic acids is 1. The van der Waals surface area contributed by atoms with Gasteiger partial charge in [-0.25, -0.2) is 0 Å². The van der Waals surface area contributed by atoms with Crippen molar-refractivity contribution in [1.29, 1.82) is 0 Å². The van der Waals surface area contributed by atoms with E-state index in [1.54, 1.807) is 12.3 Å². The second-order valence-electron chi connectivity index (χ2n) is 5.55. The summed E-state index contributed by atoms with van der Waals surface area (Å²) in [6.07, 6.45) is 5.23. The lowest BCUT2D eigenvalue weighted by molar-refractivity contribution is 0.0948. The van der Waals surface area contributed by atoms with Gasteiger partial charge >= 0.3 is 0 Å². The third-order valence-corrected chi connectivity index (χ3v) is 3.88. The summed E-state index contributed by atoms with van der Waals surface area (Å²) >= 11 is 0. The molecule has 1 aromatic rings. The second-order valence-corrected chi connectivity index (χ2v) is 5.55. The van der Waals surface area contributed by atoms with E-state index in [1.165, 1.54) is 45.6 Å². The lowest BCUT2D eigenvalue weighted by atomic mass is 10.2. The van der Waals surface area contributed by atoms with Gasteiger partial charge in [0.1, 0.15) is 5.69 Å². The number of hydrogen-bond donors (Lipinski definition) is 2. The maximum Gasteiger partial charge on any atom is 0.267 e. The highest BCUT2D eigenvalue weighted by Crippen LogP contribution is 2.03. The zero-order valence-electron chi connectivity index (χ0n) is 12.4. The maximum atomic E-state index is 11.7. The molecule has 1 aromatic heterocycles. The highest BCUT2D eigenvalue weighted by atomic mass is 16.1. The van der Waals surface area contributed by atoms with Crippen molar-refractivity contribution in [3.63, 3.8) is 0 Å². The van der Waals surface area contributed by atoms with Crippen LogP contribution >= 0.6 is 0 Å². The van der Waals surface area contributed by atoms with Crippen molar-refractivity contribution in [3.05, 3.63) is 24.0 Å². The predicted molar refractivity (Wildman–Crippen MR) is 80.9 cm³/mol. The first-order chi connectivity index (χ1) is 9.75. The number of rotatable bonds is 7. The molecule has 5 nitrogen and oxygen atoms in total. The molecule has 0 radical (unpaired) electrons. The normalized spacial score (nSPS) is 17.2. The first-order valence-electron chi connectivity index (χ1n) is 7.58. The number of carbonyl (C=O) groups is 1. The first kappa shape index (κ1) is 15.1. The van der Waals surface area contributed by atoms with Crippen LogP contribution in [-0.4, -0.2) is 67.0 Å². The maximum absolute atomic E-state index is 11.7. The fourth-order valence-electron chi connectivity index (χ4n) is 2.48. The van der Waals surface area contributed by atoms with Gasteiger partial charge in [0, 0.05) is 38.9 Å². The summed E-state index contributed by atoms with van der Waals surface area (Å²) in [6.45, 7) is 6.72. The summed E-state index contributed by atoms with van der Waals surface area (Å²) in [4.78, 5) is 19.5. The molecule has 5 heteroatoms. The Kier molecular flexibility index (Phi) is 6.08. The number of hydrogen-bond acceptors (Lipinski definition) is 3. The number of piperazine rings is 1. The second kappa shape index (κ2) is 8.07. The van der Waals surface area contributed by atoms with Crippen LogP contribution in [0.4, 0.5) is 0 Å². The Labute approximate surface area is 121 Å². The molecule has 0 saturated carbocycles. The third-order valence-electron chi connectivity index (χ3n) is 3.88. The standard InChI is InChI=1S/C15H26N4O/c1-18-10-12-19(13-11-18)9-4-2-3-7-17-15(20)14-6-5-8-16-14/h5-6,8,16H,2-4,7,9-13H2,1H3,(H,17,20). The average Bonchev–Trinajstić information content (AvgIpc) is 2.98. The smallest absolute Gasteiger partial charge is 0.267 e. The van der Waals surface area contributed by atoms with Crippen molar-refractivity contribution >= 4 is 5.91 Å². The Balaban J connectivity index is 1.47. The van der Waals surface area contributed by atoms with E-state index < -0.39 is 0 Å². The molecule has 20 heavy (non-hydrogen) atoms. The molecule has 2 N–H and O–H groups in total. The molecule has 0 atom stereocenters. The van der Waals surface area contributed by atoms with Gasteiger partial charge in [-0.2, -0.15) is 0 Å². The number of amides is 1. The quantitative estimate of drug-likeness (QED) is 0.736. The molecule has 1 fully saturated rings. The molecule has 0 aliphatic carbocycles. The third kappa shape index (κ3) is 4.98. The first-order valence-corrected chi connectivity index (χ1v) is 7.58. The van der Waals surface area contributed by atoms with E-state index in [0.717, 1.165) is 13.0 Å². The van der Waals surface area contributed by atoms with E-state index in [4.69, 9.17) is 0 Å². The fraction of sp³-hybridized carbons (Fsp3) is 0.667. The van der Waals surface area contributed by atoms with Crippen LogP contribution in [-0.2, 0) is 0 Å². The molecule has 1 aliphatic heterocycles. The van der Waals surface area contributed by atoms with Crippen LogP contribution in [0.15, 0.2) is 18.3 Å². The molecule has 1 aliphatic rings. The van der Waals surface area contributed by atoms with Gasteiger partial charge < -0.3 is 20.1 Å². The number of nitrogens with one attached hydrogen (secondary N) is 2. The number of nitrogens with zero attached hydrogens (tertiary/aromatic N) is 2. The minimum absolute atomic E-state index is 0.00549. The van der Waals surface area contributed by atoms with E-state index in [1.807, 2.05) is 6.07 Å². The van der Waals surface area contributed by atoms with E-state index >= 15 is 0 Å². The number of aromatic nitrogens is 1. The molecule has 0 aromatic carbocycles. The summed E-state index contributed by atoms with van der Waals surface area (Å²) < 4.78 is 0. The van der Waals surface area contributed by atoms with Crippen LogP contribution in [0.2, 0.25) is 0 Å². The van der Waals surface area contributed by atoms with Gasteiger partial charge in [-0.05, 0) is 38.6 Å². The van der Waals surface area contributed by atoms with Gasteiger partial charge in [0.2, 0.25) is 0 Å². The summed E-state index contributed by atoms with van der Waals surface area (Å²) in [5.41, 5.74) is 0.641.